The Bertz CT molecular complexity index is 1490. The number of thioether (sulfide) groups is 1. The van der Waals surface area contributed by atoms with E-state index >= 15 is 0 Å². The first-order valence-electron chi connectivity index (χ1n) is 9.93. The summed E-state index contributed by atoms with van der Waals surface area (Å²) in [6.07, 6.45) is 0. The summed E-state index contributed by atoms with van der Waals surface area (Å²) in [4.78, 5) is 22.4. The largest absolute Gasteiger partial charge is 0.497 e. The standard InChI is InChI=1S/C23H17ClN4O3S2/c1-30-15-6-4-5-14(11-15)12-28-22(29)20-18(9-10-32-20)25-23(28)33-13-19-26-21(27-31-19)16-7-2-3-8-17(16)24/h2-11H,12-13H2,1H3. The summed E-state index contributed by atoms with van der Waals surface area (Å²) in [7, 11) is 1.62. The van der Waals surface area contributed by atoms with Crippen molar-refractivity contribution in [3.63, 3.8) is 0 Å². The Hall–Kier alpha value is -3.14. The van der Waals surface area contributed by atoms with Gasteiger partial charge in [-0.05, 0) is 41.3 Å². The highest BCUT2D eigenvalue weighted by Crippen LogP contribution is 2.28. The second kappa shape index (κ2) is 9.38. The smallest absolute Gasteiger partial charge is 0.272 e. The maximum atomic E-state index is 13.2. The second-order valence-corrected chi connectivity index (χ2v) is 9.32. The molecule has 0 N–H and O–H groups in total. The summed E-state index contributed by atoms with van der Waals surface area (Å²) >= 11 is 9.00. The molecule has 10 heteroatoms. The minimum Gasteiger partial charge on any atom is -0.497 e. The molecule has 0 atom stereocenters. The molecule has 3 aromatic heterocycles. The van der Waals surface area contributed by atoms with Crippen molar-refractivity contribution in [3.05, 3.63) is 86.8 Å². The van der Waals surface area contributed by atoms with E-state index in [-0.39, 0.29) is 5.56 Å². The van der Waals surface area contributed by atoms with Crippen LogP contribution in [0.15, 0.2) is 74.5 Å². The summed E-state index contributed by atoms with van der Waals surface area (Å²) in [6.45, 7) is 0.369. The third-order valence-corrected chi connectivity index (χ3v) is 7.10. The SMILES string of the molecule is COc1cccc(Cn2c(SCc3nc(-c4ccccc4Cl)no3)nc3ccsc3c2=O)c1. The van der Waals surface area contributed by atoms with Crippen LogP contribution < -0.4 is 10.3 Å². The van der Waals surface area contributed by atoms with Gasteiger partial charge in [-0.2, -0.15) is 4.98 Å². The lowest BCUT2D eigenvalue weighted by atomic mass is 10.2. The van der Waals surface area contributed by atoms with Gasteiger partial charge in [0.05, 0.1) is 29.9 Å². The first-order chi connectivity index (χ1) is 16.1. The Balaban J connectivity index is 1.45. The molecule has 5 aromatic rings. The number of benzene rings is 2. The minimum atomic E-state index is -0.0809. The summed E-state index contributed by atoms with van der Waals surface area (Å²) in [5.74, 6) is 1.93. The molecule has 3 heterocycles. The number of hydrogen-bond acceptors (Lipinski definition) is 8. The van der Waals surface area contributed by atoms with Gasteiger partial charge in [0.2, 0.25) is 11.7 Å². The molecule has 2 aromatic carbocycles. The number of thiophene rings is 1. The summed E-state index contributed by atoms with van der Waals surface area (Å²) in [5, 5.41) is 7.04. The fraction of sp³-hybridized carbons (Fsp3) is 0.130. The van der Waals surface area contributed by atoms with Gasteiger partial charge in [0.15, 0.2) is 5.16 Å². The van der Waals surface area contributed by atoms with Crippen LogP contribution in [0.4, 0.5) is 0 Å². The van der Waals surface area contributed by atoms with E-state index in [1.165, 1.54) is 23.1 Å². The van der Waals surface area contributed by atoms with Gasteiger partial charge in [0.25, 0.3) is 5.56 Å². The van der Waals surface area contributed by atoms with Gasteiger partial charge >= 0.3 is 0 Å². The van der Waals surface area contributed by atoms with Crippen LogP contribution in [0.3, 0.4) is 0 Å². The van der Waals surface area contributed by atoms with Crippen molar-refractivity contribution in [1.29, 1.82) is 0 Å². The van der Waals surface area contributed by atoms with E-state index < -0.39 is 0 Å². The monoisotopic (exact) mass is 496 g/mol. The van der Waals surface area contributed by atoms with Crippen LogP contribution in [0.1, 0.15) is 11.5 Å². The van der Waals surface area contributed by atoms with Gasteiger partial charge in [-0.1, -0.05) is 52.8 Å². The van der Waals surface area contributed by atoms with E-state index in [1.54, 1.807) is 17.7 Å². The van der Waals surface area contributed by atoms with Gasteiger partial charge in [-0.25, -0.2) is 4.98 Å². The average molecular weight is 497 g/mol. The highest BCUT2D eigenvalue weighted by atomic mass is 35.5. The van der Waals surface area contributed by atoms with Crippen LogP contribution >= 0.6 is 34.7 Å². The van der Waals surface area contributed by atoms with Crippen molar-refractivity contribution >= 4 is 44.9 Å². The van der Waals surface area contributed by atoms with Gasteiger partial charge < -0.3 is 9.26 Å². The quantitative estimate of drug-likeness (QED) is 0.217. The lowest BCUT2D eigenvalue weighted by molar-refractivity contribution is 0.391. The zero-order valence-electron chi connectivity index (χ0n) is 17.4. The maximum absolute atomic E-state index is 13.2. The number of halogens is 1. The molecule has 0 saturated heterocycles. The average Bonchev–Trinajstić information content (AvgIpc) is 3.50. The van der Waals surface area contributed by atoms with Crippen molar-refractivity contribution in [3.8, 4) is 17.1 Å². The molecule has 5 rings (SSSR count). The molecule has 33 heavy (non-hydrogen) atoms. The predicted octanol–water partition coefficient (Wildman–Crippen LogP) is 5.51. The van der Waals surface area contributed by atoms with Crippen LogP contribution in [-0.4, -0.2) is 26.8 Å². The molecule has 0 radical (unpaired) electrons. The fourth-order valence-electron chi connectivity index (χ4n) is 3.32. The number of ether oxygens (including phenoxy) is 1. The highest BCUT2D eigenvalue weighted by Gasteiger charge is 2.16. The Morgan fingerprint density at radius 1 is 1.15 bits per heavy atom. The number of aromatic nitrogens is 4. The predicted molar refractivity (Wildman–Crippen MR) is 130 cm³/mol. The van der Waals surface area contributed by atoms with Gasteiger partial charge in [0, 0.05) is 5.56 Å². The zero-order valence-corrected chi connectivity index (χ0v) is 19.8. The van der Waals surface area contributed by atoms with Crippen LogP contribution in [0.25, 0.3) is 21.6 Å². The third-order valence-electron chi connectivity index (χ3n) is 4.91. The molecular weight excluding hydrogens is 480 g/mol. The lowest BCUT2D eigenvalue weighted by Crippen LogP contribution is -2.23. The third kappa shape index (κ3) is 4.52. The first-order valence-corrected chi connectivity index (χ1v) is 12.2. The van der Waals surface area contributed by atoms with Crippen LogP contribution in [-0.2, 0) is 12.3 Å². The van der Waals surface area contributed by atoms with E-state index in [1.807, 2.05) is 53.9 Å². The van der Waals surface area contributed by atoms with Gasteiger partial charge in [-0.15, -0.1) is 11.3 Å². The van der Waals surface area contributed by atoms with Gasteiger partial charge in [-0.3, -0.25) is 9.36 Å². The lowest BCUT2D eigenvalue weighted by Gasteiger charge is -2.12. The molecule has 0 bridgehead atoms. The Labute approximate surface area is 202 Å². The molecule has 166 valence electrons. The second-order valence-electron chi connectivity index (χ2n) is 7.05. The number of fused-ring (bicyclic) bond motifs is 1. The van der Waals surface area contributed by atoms with Crippen molar-refractivity contribution in [2.45, 2.75) is 17.5 Å². The van der Waals surface area contributed by atoms with Crippen LogP contribution in [0.5, 0.6) is 5.75 Å². The molecule has 0 amide bonds. The van der Waals surface area contributed by atoms with Gasteiger partial charge in [0.1, 0.15) is 10.4 Å². The Morgan fingerprint density at radius 3 is 2.88 bits per heavy atom. The van der Waals surface area contributed by atoms with Crippen molar-refractivity contribution in [1.82, 2.24) is 19.7 Å². The van der Waals surface area contributed by atoms with Crippen molar-refractivity contribution in [2.75, 3.05) is 7.11 Å². The molecule has 0 aliphatic heterocycles. The highest BCUT2D eigenvalue weighted by molar-refractivity contribution is 7.98. The van der Waals surface area contributed by atoms with E-state index in [0.717, 1.165) is 11.3 Å². The molecule has 0 fully saturated rings. The minimum absolute atomic E-state index is 0.0809. The summed E-state index contributed by atoms with van der Waals surface area (Å²) in [6, 6.07) is 16.8. The number of rotatable bonds is 7. The number of hydrogen-bond donors (Lipinski definition) is 0. The first kappa shape index (κ1) is 21.7. The molecule has 0 saturated carbocycles. The summed E-state index contributed by atoms with van der Waals surface area (Å²) < 4.78 is 13.0. The Kier molecular flexibility index (Phi) is 6.17. The summed E-state index contributed by atoms with van der Waals surface area (Å²) in [5.41, 5.74) is 2.24. The van der Waals surface area contributed by atoms with Crippen molar-refractivity contribution < 1.29 is 9.26 Å². The normalized spacial score (nSPS) is 11.2. The molecule has 0 aliphatic carbocycles. The maximum Gasteiger partial charge on any atom is 0.272 e. The van der Waals surface area contributed by atoms with E-state index in [2.05, 4.69) is 10.1 Å². The topological polar surface area (TPSA) is 83.0 Å². The number of nitrogens with zero attached hydrogens (tertiary/aromatic N) is 4. The van der Waals surface area contributed by atoms with E-state index in [0.29, 0.717) is 50.0 Å². The van der Waals surface area contributed by atoms with Crippen molar-refractivity contribution in [2.24, 2.45) is 0 Å². The molecule has 0 spiro atoms. The zero-order chi connectivity index (χ0) is 22.8. The Morgan fingerprint density at radius 2 is 2.03 bits per heavy atom. The van der Waals surface area contributed by atoms with Crippen LogP contribution in [0.2, 0.25) is 5.02 Å². The fourth-order valence-corrected chi connectivity index (χ4v) is 5.15. The van der Waals surface area contributed by atoms with Crippen LogP contribution in [0, 0.1) is 0 Å². The van der Waals surface area contributed by atoms with E-state index in [9.17, 15) is 4.79 Å². The molecule has 7 nitrogen and oxygen atoms in total. The molecule has 0 aliphatic rings. The van der Waals surface area contributed by atoms with E-state index in [4.69, 9.17) is 25.8 Å². The number of methoxy groups -OCH3 is 1. The molecule has 0 unspecified atom stereocenters. The molecular formula is C23H17ClN4O3S2.